The molecular weight excluding hydrogens is 278 g/mol. The summed E-state index contributed by atoms with van der Waals surface area (Å²) in [6, 6.07) is 7.30. The van der Waals surface area contributed by atoms with Crippen molar-refractivity contribution in [3.05, 3.63) is 35.0 Å². The van der Waals surface area contributed by atoms with Gasteiger partial charge in [-0.2, -0.15) is 5.26 Å². The molecule has 2 rings (SSSR count). The van der Waals surface area contributed by atoms with Gasteiger partial charge in [0.25, 0.3) is 0 Å². The number of aliphatic hydroxyl groups is 1. The fraction of sp³-hybridized carbons (Fsp3) is 0.286. The smallest absolute Gasteiger partial charge is 0.239 e. The van der Waals surface area contributed by atoms with Crippen molar-refractivity contribution in [2.75, 3.05) is 6.54 Å². The molecule has 0 saturated carbocycles. The quantitative estimate of drug-likeness (QED) is 0.825. The molecule has 0 fully saturated rings. The van der Waals surface area contributed by atoms with E-state index in [1.165, 1.54) is 0 Å². The average Bonchev–Trinajstić information content (AvgIpc) is 2.76. The highest BCUT2D eigenvalue weighted by Crippen LogP contribution is 2.24. The molecule has 2 N–H and O–H groups in total. The minimum atomic E-state index is -0.179. The number of fused-ring (bicyclic) bond motifs is 1. The summed E-state index contributed by atoms with van der Waals surface area (Å²) in [4.78, 5) is 11.8. The van der Waals surface area contributed by atoms with Gasteiger partial charge in [-0.15, -0.1) is 0 Å². The molecule has 1 amide bonds. The number of rotatable bonds is 5. The molecular formula is C14H14ClN3O2. The zero-order valence-electron chi connectivity index (χ0n) is 10.8. The lowest BCUT2D eigenvalue weighted by atomic mass is 10.2. The molecule has 0 aliphatic carbocycles. The predicted octanol–water partition coefficient (Wildman–Crippen LogP) is 1.82. The summed E-state index contributed by atoms with van der Waals surface area (Å²) in [5.41, 5.74) is 1.55. The zero-order valence-corrected chi connectivity index (χ0v) is 11.5. The number of carbonyl (C=O) groups excluding carboxylic acids is 1. The van der Waals surface area contributed by atoms with Crippen LogP contribution in [0.2, 0.25) is 5.02 Å². The van der Waals surface area contributed by atoms with E-state index in [4.69, 9.17) is 16.9 Å². The molecule has 0 saturated heterocycles. The molecule has 1 aromatic heterocycles. The monoisotopic (exact) mass is 291 g/mol. The van der Waals surface area contributed by atoms with E-state index in [2.05, 4.69) is 5.32 Å². The molecule has 1 aromatic carbocycles. The van der Waals surface area contributed by atoms with E-state index in [-0.39, 0.29) is 25.5 Å². The second-order valence-electron chi connectivity index (χ2n) is 4.36. The number of aromatic nitrogens is 1. The fourth-order valence-corrected chi connectivity index (χ4v) is 2.23. The Morgan fingerprint density at radius 3 is 3.00 bits per heavy atom. The van der Waals surface area contributed by atoms with E-state index in [1.54, 1.807) is 22.9 Å². The van der Waals surface area contributed by atoms with Gasteiger partial charge in [0.1, 0.15) is 6.54 Å². The maximum atomic E-state index is 11.8. The molecule has 20 heavy (non-hydrogen) atoms. The van der Waals surface area contributed by atoms with Crippen molar-refractivity contribution in [1.29, 1.82) is 5.26 Å². The molecule has 5 nitrogen and oxygen atoms in total. The normalized spacial score (nSPS) is 10.4. The van der Waals surface area contributed by atoms with E-state index in [9.17, 15) is 9.90 Å². The summed E-state index contributed by atoms with van der Waals surface area (Å²) in [6.45, 7) is 0.367. The third-order valence-corrected chi connectivity index (χ3v) is 3.21. The van der Waals surface area contributed by atoms with E-state index in [1.807, 2.05) is 12.1 Å². The van der Waals surface area contributed by atoms with Gasteiger partial charge in [0, 0.05) is 28.7 Å². The minimum Gasteiger partial charge on any atom is -0.392 e. The Kier molecular flexibility index (Phi) is 4.61. The van der Waals surface area contributed by atoms with Gasteiger partial charge in [0.2, 0.25) is 5.91 Å². The van der Waals surface area contributed by atoms with Crippen molar-refractivity contribution in [3.8, 4) is 6.07 Å². The summed E-state index contributed by atoms with van der Waals surface area (Å²) in [5.74, 6) is -0.179. The Balaban J connectivity index is 2.23. The van der Waals surface area contributed by atoms with Gasteiger partial charge in [-0.05, 0) is 12.1 Å². The van der Waals surface area contributed by atoms with Crippen molar-refractivity contribution in [3.63, 3.8) is 0 Å². The van der Waals surface area contributed by atoms with Crippen LogP contribution in [0.3, 0.4) is 0 Å². The molecule has 0 atom stereocenters. The molecule has 6 heteroatoms. The number of nitrogens with zero attached hydrogens (tertiary/aromatic N) is 2. The van der Waals surface area contributed by atoms with Crippen LogP contribution in [0.1, 0.15) is 12.0 Å². The number of amides is 1. The molecule has 0 aliphatic heterocycles. The first-order valence-corrected chi connectivity index (χ1v) is 6.55. The third kappa shape index (κ3) is 3.10. The zero-order chi connectivity index (χ0) is 14.5. The van der Waals surface area contributed by atoms with Gasteiger partial charge < -0.3 is 15.0 Å². The Hall–Kier alpha value is -2.03. The van der Waals surface area contributed by atoms with Crippen LogP contribution in [0.15, 0.2) is 24.4 Å². The van der Waals surface area contributed by atoms with Gasteiger partial charge in [0.15, 0.2) is 0 Å². The van der Waals surface area contributed by atoms with Gasteiger partial charge in [-0.3, -0.25) is 4.79 Å². The molecule has 0 radical (unpaired) electrons. The van der Waals surface area contributed by atoms with Crippen molar-refractivity contribution in [2.24, 2.45) is 0 Å². The number of aliphatic hydroxyl groups excluding tert-OH is 1. The van der Waals surface area contributed by atoms with Crippen LogP contribution in [0.4, 0.5) is 0 Å². The molecule has 104 valence electrons. The van der Waals surface area contributed by atoms with Gasteiger partial charge >= 0.3 is 0 Å². The maximum absolute atomic E-state index is 11.8. The van der Waals surface area contributed by atoms with E-state index in [0.717, 1.165) is 16.5 Å². The number of benzene rings is 1. The highest BCUT2D eigenvalue weighted by atomic mass is 35.5. The Morgan fingerprint density at radius 2 is 2.30 bits per heavy atom. The van der Waals surface area contributed by atoms with Crippen LogP contribution < -0.4 is 5.32 Å². The Bertz CT molecular complexity index is 673. The lowest BCUT2D eigenvalue weighted by Gasteiger charge is -2.06. The summed E-state index contributed by atoms with van der Waals surface area (Å²) in [5, 5.41) is 21.9. The van der Waals surface area contributed by atoms with Gasteiger partial charge in [-0.25, -0.2) is 0 Å². The highest BCUT2D eigenvalue weighted by Gasteiger charge is 2.11. The Labute approximate surface area is 121 Å². The van der Waals surface area contributed by atoms with E-state index in [0.29, 0.717) is 11.6 Å². The summed E-state index contributed by atoms with van der Waals surface area (Å²) >= 11 is 5.97. The molecule has 0 unspecified atom stereocenters. The summed E-state index contributed by atoms with van der Waals surface area (Å²) in [6.07, 6.45) is 2.02. The third-order valence-electron chi connectivity index (χ3n) is 2.97. The number of hydrogen-bond donors (Lipinski definition) is 2. The first kappa shape index (κ1) is 14.4. The number of halogens is 1. The van der Waals surface area contributed by atoms with Crippen LogP contribution in [0.25, 0.3) is 10.9 Å². The van der Waals surface area contributed by atoms with E-state index >= 15 is 0 Å². The molecule has 1 heterocycles. The topological polar surface area (TPSA) is 78.0 Å². The molecule has 2 aromatic rings. The second-order valence-corrected chi connectivity index (χ2v) is 4.80. The van der Waals surface area contributed by atoms with Crippen molar-refractivity contribution < 1.29 is 9.90 Å². The van der Waals surface area contributed by atoms with Crippen LogP contribution in [-0.2, 0) is 17.9 Å². The van der Waals surface area contributed by atoms with Crippen molar-refractivity contribution >= 4 is 28.4 Å². The first-order chi connectivity index (χ1) is 9.65. The van der Waals surface area contributed by atoms with Crippen LogP contribution in [-0.4, -0.2) is 22.1 Å². The van der Waals surface area contributed by atoms with Crippen LogP contribution in [0.5, 0.6) is 0 Å². The van der Waals surface area contributed by atoms with Crippen molar-refractivity contribution in [1.82, 2.24) is 9.88 Å². The van der Waals surface area contributed by atoms with Crippen molar-refractivity contribution in [2.45, 2.75) is 19.6 Å². The lowest BCUT2D eigenvalue weighted by Crippen LogP contribution is -2.28. The van der Waals surface area contributed by atoms with Crippen LogP contribution in [0, 0.1) is 11.3 Å². The fourth-order valence-electron chi connectivity index (χ4n) is 2.07. The van der Waals surface area contributed by atoms with Gasteiger partial charge in [-0.1, -0.05) is 17.7 Å². The summed E-state index contributed by atoms with van der Waals surface area (Å²) in [7, 11) is 0. The summed E-state index contributed by atoms with van der Waals surface area (Å²) < 4.78 is 1.74. The maximum Gasteiger partial charge on any atom is 0.239 e. The second kappa shape index (κ2) is 6.42. The molecule has 0 aliphatic rings. The van der Waals surface area contributed by atoms with E-state index < -0.39 is 0 Å². The number of hydrogen-bond acceptors (Lipinski definition) is 3. The average molecular weight is 292 g/mol. The largest absolute Gasteiger partial charge is 0.392 e. The number of carbonyl (C=O) groups is 1. The standard InChI is InChI=1S/C14H14ClN3O2/c15-11-2-3-12-10(9-19)7-18(13(12)6-11)8-14(20)17-5-1-4-16/h2-3,6-7,19H,1,5,8-9H2,(H,17,20). The Morgan fingerprint density at radius 1 is 1.50 bits per heavy atom. The first-order valence-electron chi connectivity index (χ1n) is 6.17. The number of nitriles is 1. The SMILES string of the molecule is N#CCCNC(=O)Cn1cc(CO)c2ccc(Cl)cc21. The van der Waals surface area contributed by atoms with Crippen LogP contribution >= 0.6 is 11.6 Å². The number of nitrogens with one attached hydrogen (secondary N) is 1. The van der Waals surface area contributed by atoms with Gasteiger partial charge in [0.05, 0.1) is 24.6 Å². The lowest BCUT2D eigenvalue weighted by molar-refractivity contribution is -0.121. The molecule has 0 spiro atoms. The molecule has 0 bridgehead atoms. The predicted molar refractivity (Wildman–Crippen MR) is 76.1 cm³/mol. The minimum absolute atomic E-state index is 0.0960. The highest BCUT2D eigenvalue weighted by molar-refractivity contribution is 6.31.